The number of fused-ring (bicyclic) bond motifs is 3. The molecule has 1 amide bonds. The lowest BCUT2D eigenvalue weighted by atomic mass is 10.0. The molecule has 1 aliphatic heterocycles. The molecule has 1 aromatic carbocycles. The Kier molecular flexibility index (Phi) is 4.95. The molecule has 7 nitrogen and oxygen atoms in total. The van der Waals surface area contributed by atoms with E-state index in [-0.39, 0.29) is 11.5 Å². The van der Waals surface area contributed by atoms with Gasteiger partial charge in [0.1, 0.15) is 0 Å². The van der Waals surface area contributed by atoms with E-state index in [1.54, 1.807) is 22.0 Å². The molecule has 3 aromatic rings. The van der Waals surface area contributed by atoms with Crippen LogP contribution in [-0.4, -0.2) is 26.7 Å². The van der Waals surface area contributed by atoms with Crippen LogP contribution in [-0.2, 0) is 4.79 Å². The molecule has 0 fully saturated rings. The quantitative estimate of drug-likeness (QED) is 0.543. The Bertz CT molecular complexity index is 1080. The van der Waals surface area contributed by atoms with Gasteiger partial charge in [0.25, 0.3) is 6.17 Å². The highest BCUT2D eigenvalue weighted by Crippen LogP contribution is 2.36. The van der Waals surface area contributed by atoms with E-state index in [0.717, 1.165) is 17.7 Å². The van der Waals surface area contributed by atoms with Crippen molar-refractivity contribution in [3.63, 3.8) is 0 Å². The van der Waals surface area contributed by atoms with Crippen LogP contribution in [0.1, 0.15) is 32.0 Å². The van der Waals surface area contributed by atoms with Crippen molar-refractivity contribution in [2.45, 2.75) is 31.6 Å². The van der Waals surface area contributed by atoms with E-state index >= 15 is 0 Å². The Labute approximate surface area is 166 Å². The molecule has 3 heterocycles. The van der Waals surface area contributed by atoms with Crippen LogP contribution in [0.2, 0.25) is 0 Å². The molecule has 2 aromatic heterocycles. The summed E-state index contributed by atoms with van der Waals surface area (Å²) in [4.78, 5) is 34.4. The van der Waals surface area contributed by atoms with Gasteiger partial charge in [0.15, 0.2) is 0 Å². The van der Waals surface area contributed by atoms with Gasteiger partial charge in [-0.3, -0.25) is 19.6 Å². The average Bonchev–Trinajstić information content (AvgIpc) is 2.71. The van der Waals surface area contributed by atoms with Crippen molar-refractivity contribution in [3.8, 4) is 11.3 Å². The molecule has 4 rings (SSSR count). The molecule has 8 heteroatoms. The van der Waals surface area contributed by atoms with Crippen LogP contribution in [0.3, 0.4) is 0 Å². The van der Waals surface area contributed by atoms with Crippen LogP contribution in [0.15, 0.2) is 58.7 Å². The smallest absolute Gasteiger partial charge is 0.291 e. The van der Waals surface area contributed by atoms with Gasteiger partial charge in [-0.1, -0.05) is 30.8 Å². The number of benzene rings is 1. The van der Waals surface area contributed by atoms with Crippen LogP contribution in [0.25, 0.3) is 11.3 Å². The first-order chi connectivity index (χ1) is 13.6. The van der Waals surface area contributed by atoms with Crippen LogP contribution in [0, 0.1) is 0 Å². The minimum Gasteiger partial charge on any atom is -0.291 e. The van der Waals surface area contributed by atoms with Crippen LogP contribution >= 0.6 is 11.8 Å². The van der Waals surface area contributed by atoms with E-state index in [1.807, 2.05) is 36.4 Å². The average molecular weight is 394 g/mol. The third-order valence-electron chi connectivity index (χ3n) is 4.52. The van der Waals surface area contributed by atoms with E-state index in [2.05, 4.69) is 16.9 Å². The molecular formula is C20H20N5O2S+. The molecular weight excluding hydrogens is 374 g/mol. The lowest BCUT2D eigenvalue weighted by molar-refractivity contribution is -0.763. The monoisotopic (exact) mass is 394 g/mol. The van der Waals surface area contributed by atoms with Gasteiger partial charge in [-0.15, -0.1) is 0 Å². The Hall–Kier alpha value is -3.00. The van der Waals surface area contributed by atoms with Crippen molar-refractivity contribution < 1.29 is 9.48 Å². The van der Waals surface area contributed by atoms with Crippen molar-refractivity contribution in [2.24, 2.45) is 0 Å². The number of hydrogen-bond donors (Lipinski definition) is 1. The number of amides is 1. The van der Waals surface area contributed by atoms with E-state index in [9.17, 15) is 9.59 Å². The second kappa shape index (κ2) is 7.55. The maximum absolute atomic E-state index is 13.0. The second-order valence-corrected chi connectivity index (χ2v) is 7.55. The number of carbonyl (C=O) groups excluding carboxylic acids is 1. The van der Waals surface area contributed by atoms with Gasteiger partial charge < -0.3 is 0 Å². The molecule has 0 radical (unpaired) electrons. The highest BCUT2D eigenvalue weighted by molar-refractivity contribution is 7.99. The Balaban J connectivity index is 2.02. The molecule has 0 aliphatic carbocycles. The molecule has 28 heavy (non-hydrogen) atoms. The van der Waals surface area contributed by atoms with Crippen molar-refractivity contribution in [1.82, 2.24) is 15.1 Å². The first-order valence-electron chi connectivity index (χ1n) is 9.10. The van der Waals surface area contributed by atoms with Crippen molar-refractivity contribution in [2.75, 3.05) is 10.7 Å². The summed E-state index contributed by atoms with van der Waals surface area (Å²) in [6.07, 6.45) is 3.76. The molecule has 1 aliphatic rings. The molecule has 0 unspecified atom stereocenters. The SMILES string of the molecule is CCCSc1n[n+]2c(c(=O)[nH]1)-c1ccccc1N(C(C)=O)[C@H]2c1cccnc1. The number of anilines is 1. The number of rotatable bonds is 4. The lowest BCUT2D eigenvalue weighted by Gasteiger charge is -2.31. The number of aromatic amines is 1. The molecule has 142 valence electrons. The predicted octanol–water partition coefficient (Wildman–Crippen LogP) is 2.53. The molecule has 0 bridgehead atoms. The molecule has 1 N–H and O–H groups in total. The van der Waals surface area contributed by atoms with Gasteiger partial charge >= 0.3 is 11.3 Å². The molecule has 0 saturated heterocycles. The van der Waals surface area contributed by atoms with Crippen molar-refractivity contribution in [1.29, 1.82) is 0 Å². The van der Waals surface area contributed by atoms with Gasteiger partial charge in [0.05, 0.1) is 16.8 Å². The zero-order valence-electron chi connectivity index (χ0n) is 15.6. The van der Waals surface area contributed by atoms with Crippen LogP contribution in [0.4, 0.5) is 5.69 Å². The number of aromatic nitrogens is 4. The summed E-state index contributed by atoms with van der Waals surface area (Å²) in [7, 11) is 0. The maximum Gasteiger partial charge on any atom is 0.325 e. The summed E-state index contributed by atoms with van der Waals surface area (Å²) >= 11 is 1.49. The summed E-state index contributed by atoms with van der Waals surface area (Å²) < 4.78 is 1.65. The summed E-state index contributed by atoms with van der Waals surface area (Å²) in [6, 6.07) is 11.1. The second-order valence-electron chi connectivity index (χ2n) is 6.47. The van der Waals surface area contributed by atoms with Gasteiger partial charge in [0.2, 0.25) is 11.1 Å². The number of nitrogens with zero attached hydrogens (tertiary/aromatic N) is 4. The first kappa shape index (κ1) is 18.4. The number of para-hydroxylation sites is 1. The topological polar surface area (TPSA) is 82.8 Å². The zero-order chi connectivity index (χ0) is 19.7. The number of thioether (sulfide) groups is 1. The van der Waals surface area contributed by atoms with E-state index in [1.165, 1.54) is 18.7 Å². The fourth-order valence-electron chi connectivity index (χ4n) is 3.41. The Morgan fingerprint density at radius 3 is 2.82 bits per heavy atom. The number of H-pyrrole nitrogens is 1. The van der Waals surface area contributed by atoms with Crippen molar-refractivity contribution in [3.05, 3.63) is 64.7 Å². The predicted molar refractivity (Wildman–Crippen MR) is 107 cm³/mol. The van der Waals surface area contributed by atoms with Gasteiger partial charge in [-0.05, 0) is 35.4 Å². The third kappa shape index (κ3) is 3.09. The maximum atomic E-state index is 13.0. The fourth-order valence-corrected chi connectivity index (χ4v) is 4.11. The minimum absolute atomic E-state index is 0.135. The van der Waals surface area contributed by atoms with E-state index in [0.29, 0.717) is 22.1 Å². The van der Waals surface area contributed by atoms with Gasteiger partial charge in [-0.25, -0.2) is 4.90 Å². The van der Waals surface area contributed by atoms with Crippen molar-refractivity contribution >= 4 is 23.4 Å². The number of pyridine rings is 1. The fraction of sp³-hybridized carbons (Fsp3) is 0.250. The standard InChI is InChI=1S/C20H19N5O2S/c1-3-11-28-20-22-18(27)17-15-8-4-5-9-16(15)24(13(2)26)19(25(17)23-20)14-7-6-10-21-12-14/h4-10,12,19H,3,11H2,1-2H3/p+1/t19-/m1/s1. The largest absolute Gasteiger partial charge is 0.325 e. The van der Waals surface area contributed by atoms with Gasteiger partial charge in [0, 0.05) is 30.2 Å². The minimum atomic E-state index is -0.584. The first-order valence-corrected chi connectivity index (χ1v) is 10.1. The number of nitrogens with one attached hydrogen (secondary N) is 1. The molecule has 1 atom stereocenters. The Morgan fingerprint density at radius 1 is 1.29 bits per heavy atom. The third-order valence-corrected chi connectivity index (χ3v) is 5.59. The molecule has 0 saturated carbocycles. The van der Waals surface area contributed by atoms with Crippen LogP contribution in [0.5, 0.6) is 0 Å². The normalized spacial score (nSPS) is 15.1. The summed E-state index contributed by atoms with van der Waals surface area (Å²) in [6.45, 7) is 3.59. The highest BCUT2D eigenvalue weighted by Gasteiger charge is 2.44. The van der Waals surface area contributed by atoms with Gasteiger partial charge in [-0.2, -0.15) is 0 Å². The van der Waals surface area contributed by atoms with E-state index < -0.39 is 6.17 Å². The summed E-state index contributed by atoms with van der Waals surface area (Å²) in [5.41, 5.74) is 2.35. The molecule has 0 spiro atoms. The summed E-state index contributed by atoms with van der Waals surface area (Å²) in [5, 5.41) is 5.24. The highest BCUT2D eigenvalue weighted by atomic mass is 32.2. The number of hydrogen-bond acceptors (Lipinski definition) is 5. The Morgan fingerprint density at radius 2 is 2.11 bits per heavy atom. The lowest BCUT2D eigenvalue weighted by Crippen LogP contribution is -2.60. The zero-order valence-corrected chi connectivity index (χ0v) is 16.4. The summed E-state index contributed by atoms with van der Waals surface area (Å²) in [5.74, 6) is 0.705. The van der Waals surface area contributed by atoms with Crippen LogP contribution < -0.4 is 15.1 Å². The number of carbonyl (C=O) groups is 1. The van der Waals surface area contributed by atoms with E-state index in [4.69, 9.17) is 5.10 Å².